The maximum absolute atomic E-state index is 4.26. The molecule has 1 heterocycles. The van der Waals surface area contributed by atoms with Crippen LogP contribution >= 0.6 is 12.6 Å². The van der Waals surface area contributed by atoms with Gasteiger partial charge in [-0.25, -0.2) is 0 Å². The van der Waals surface area contributed by atoms with Crippen molar-refractivity contribution in [3.63, 3.8) is 0 Å². The second kappa shape index (κ2) is 6.06. The largest absolute Gasteiger partial charge is 0.261 e. The summed E-state index contributed by atoms with van der Waals surface area (Å²) in [5, 5.41) is 0. The van der Waals surface area contributed by atoms with E-state index >= 15 is 0 Å². The average Bonchev–Trinajstić information content (AvgIpc) is 2.14. The summed E-state index contributed by atoms with van der Waals surface area (Å²) in [7, 11) is 0. The number of unbranched alkanes of at least 4 members (excludes halogenated alkanes) is 2. The lowest BCUT2D eigenvalue weighted by molar-refractivity contribution is 0.712. The van der Waals surface area contributed by atoms with Gasteiger partial charge in [-0.3, -0.25) is 4.98 Å². The van der Waals surface area contributed by atoms with E-state index in [0.717, 1.165) is 12.2 Å². The first kappa shape index (κ1) is 9.59. The minimum atomic E-state index is 1.00. The summed E-state index contributed by atoms with van der Waals surface area (Å²) >= 11 is 4.17. The molecule has 0 spiro atoms. The monoisotopic (exact) mass is 181 g/mol. The lowest BCUT2D eigenvalue weighted by atomic mass is 10.1. The molecule has 0 aliphatic carbocycles. The topological polar surface area (TPSA) is 12.9 Å². The molecule has 0 aliphatic rings. The first-order chi connectivity index (χ1) is 5.93. The highest BCUT2D eigenvalue weighted by atomic mass is 32.1. The number of aromatic nitrogens is 1. The van der Waals surface area contributed by atoms with Crippen molar-refractivity contribution in [2.24, 2.45) is 0 Å². The molecule has 0 radical (unpaired) electrons. The highest BCUT2D eigenvalue weighted by Crippen LogP contribution is 2.03. The lowest BCUT2D eigenvalue weighted by Crippen LogP contribution is -1.89. The molecule has 1 nitrogen and oxygen atoms in total. The van der Waals surface area contributed by atoms with Gasteiger partial charge in [0.05, 0.1) is 0 Å². The molecule has 0 fully saturated rings. The van der Waals surface area contributed by atoms with Crippen molar-refractivity contribution in [1.82, 2.24) is 4.98 Å². The molecule has 0 aromatic carbocycles. The molecule has 2 heteroatoms. The van der Waals surface area contributed by atoms with Gasteiger partial charge >= 0.3 is 0 Å². The molecule has 0 saturated carbocycles. The first-order valence-electron chi connectivity index (χ1n) is 4.44. The fourth-order valence-corrected chi connectivity index (χ4v) is 1.36. The molecule has 0 unspecified atom stereocenters. The van der Waals surface area contributed by atoms with E-state index in [4.69, 9.17) is 0 Å². The zero-order valence-corrected chi connectivity index (χ0v) is 8.13. The smallest absolute Gasteiger partial charge is 0.0403 e. The van der Waals surface area contributed by atoms with Crippen LogP contribution in [0.4, 0.5) is 0 Å². The highest BCUT2D eigenvalue weighted by molar-refractivity contribution is 7.80. The van der Waals surface area contributed by atoms with E-state index < -0.39 is 0 Å². The van der Waals surface area contributed by atoms with E-state index in [1.807, 2.05) is 18.3 Å². The highest BCUT2D eigenvalue weighted by Gasteiger charge is 1.92. The van der Waals surface area contributed by atoms with Crippen molar-refractivity contribution in [3.05, 3.63) is 30.1 Å². The van der Waals surface area contributed by atoms with Gasteiger partial charge in [-0.2, -0.15) is 12.6 Å². The van der Waals surface area contributed by atoms with Crippen molar-refractivity contribution in [1.29, 1.82) is 0 Å². The molecule has 0 amide bonds. The number of rotatable bonds is 5. The Morgan fingerprint density at radius 1 is 1.17 bits per heavy atom. The number of hydrogen-bond donors (Lipinski definition) is 1. The van der Waals surface area contributed by atoms with Gasteiger partial charge in [-0.05, 0) is 37.1 Å². The molecule has 0 aliphatic heterocycles. The third-order valence-electron chi connectivity index (χ3n) is 1.82. The molecular formula is C10H15NS. The van der Waals surface area contributed by atoms with Gasteiger partial charge in [-0.1, -0.05) is 12.5 Å². The van der Waals surface area contributed by atoms with Gasteiger partial charge in [0.1, 0.15) is 0 Å². The van der Waals surface area contributed by atoms with Crippen LogP contribution in [0.5, 0.6) is 0 Å². The Hall–Kier alpha value is -0.500. The molecule has 0 atom stereocenters. The van der Waals surface area contributed by atoms with Gasteiger partial charge < -0.3 is 0 Å². The van der Waals surface area contributed by atoms with Crippen molar-refractivity contribution in [2.75, 3.05) is 5.75 Å². The summed E-state index contributed by atoms with van der Waals surface area (Å²) in [5.74, 6) is 1.00. The predicted molar refractivity (Wildman–Crippen MR) is 55.6 cm³/mol. The normalized spacial score (nSPS) is 10.1. The van der Waals surface area contributed by atoms with Crippen LogP contribution in [-0.2, 0) is 6.42 Å². The number of pyridine rings is 1. The van der Waals surface area contributed by atoms with Crippen molar-refractivity contribution in [3.8, 4) is 0 Å². The Bertz CT molecular complexity index is 198. The Kier molecular flexibility index (Phi) is 4.85. The summed E-state index contributed by atoms with van der Waals surface area (Å²) in [6.45, 7) is 0. The predicted octanol–water partition coefficient (Wildman–Crippen LogP) is 2.72. The number of nitrogens with zero attached hydrogens (tertiary/aromatic N) is 1. The van der Waals surface area contributed by atoms with Crippen LogP contribution in [0.25, 0.3) is 0 Å². The van der Waals surface area contributed by atoms with Crippen LogP contribution in [0.1, 0.15) is 25.0 Å². The van der Waals surface area contributed by atoms with Crippen LogP contribution < -0.4 is 0 Å². The molecule has 66 valence electrons. The Labute approximate surface area is 79.6 Å². The SMILES string of the molecule is SCCCCCc1ccccn1. The van der Waals surface area contributed by atoms with E-state index in [1.165, 1.54) is 25.0 Å². The molecule has 1 rings (SSSR count). The van der Waals surface area contributed by atoms with Gasteiger partial charge in [0.2, 0.25) is 0 Å². The second-order valence-electron chi connectivity index (χ2n) is 2.86. The average molecular weight is 181 g/mol. The van der Waals surface area contributed by atoms with Crippen molar-refractivity contribution in [2.45, 2.75) is 25.7 Å². The minimum absolute atomic E-state index is 1.00. The second-order valence-corrected chi connectivity index (χ2v) is 3.30. The molecule has 1 aromatic rings. The quantitative estimate of drug-likeness (QED) is 0.544. The summed E-state index contributed by atoms with van der Waals surface area (Å²) in [4.78, 5) is 4.26. The van der Waals surface area contributed by atoms with Crippen LogP contribution in [0.2, 0.25) is 0 Å². The van der Waals surface area contributed by atoms with E-state index in [2.05, 4.69) is 23.7 Å². The Morgan fingerprint density at radius 2 is 2.08 bits per heavy atom. The van der Waals surface area contributed by atoms with E-state index in [1.54, 1.807) is 0 Å². The van der Waals surface area contributed by atoms with Gasteiger partial charge in [0.25, 0.3) is 0 Å². The summed E-state index contributed by atoms with van der Waals surface area (Å²) in [6.07, 6.45) is 6.68. The van der Waals surface area contributed by atoms with Crippen molar-refractivity contribution >= 4 is 12.6 Å². The first-order valence-corrected chi connectivity index (χ1v) is 5.07. The third-order valence-corrected chi connectivity index (χ3v) is 2.13. The fourth-order valence-electron chi connectivity index (χ4n) is 1.14. The molecule has 1 aromatic heterocycles. The van der Waals surface area contributed by atoms with Gasteiger partial charge in [0, 0.05) is 11.9 Å². The standard InChI is InChI=1S/C10H15NS/c12-9-5-1-2-6-10-7-3-4-8-11-10/h3-4,7-8,12H,1-2,5-6,9H2. The third kappa shape index (κ3) is 3.77. The van der Waals surface area contributed by atoms with Crippen LogP contribution in [0.3, 0.4) is 0 Å². The summed E-state index contributed by atoms with van der Waals surface area (Å²) < 4.78 is 0. The maximum atomic E-state index is 4.26. The number of hydrogen-bond acceptors (Lipinski definition) is 2. The van der Waals surface area contributed by atoms with Gasteiger partial charge in [0.15, 0.2) is 0 Å². The summed E-state index contributed by atoms with van der Waals surface area (Å²) in [6, 6.07) is 6.08. The Morgan fingerprint density at radius 3 is 2.75 bits per heavy atom. The number of thiol groups is 1. The number of aryl methyl sites for hydroxylation is 1. The van der Waals surface area contributed by atoms with Crippen LogP contribution in [-0.4, -0.2) is 10.7 Å². The van der Waals surface area contributed by atoms with Crippen LogP contribution in [0, 0.1) is 0 Å². The fraction of sp³-hybridized carbons (Fsp3) is 0.500. The van der Waals surface area contributed by atoms with Crippen molar-refractivity contribution < 1.29 is 0 Å². The maximum Gasteiger partial charge on any atom is 0.0403 e. The molecular weight excluding hydrogens is 166 g/mol. The van der Waals surface area contributed by atoms with E-state index in [-0.39, 0.29) is 0 Å². The Balaban J connectivity index is 2.16. The minimum Gasteiger partial charge on any atom is -0.261 e. The molecule has 0 bridgehead atoms. The van der Waals surface area contributed by atoms with Crippen LogP contribution in [0.15, 0.2) is 24.4 Å². The summed E-state index contributed by atoms with van der Waals surface area (Å²) in [5.41, 5.74) is 1.21. The van der Waals surface area contributed by atoms with Gasteiger partial charge in [-0.15, -0.1) is 0 Å². The molecule has 0 saturated heterocycles. The lowest BCUT2D eigenvalue weighted by Gasteiger charge is -1.98. The van der Waals surface area contributed by atoms with E-state index in [9.17, 15) is 0 Å². The zero-order chi connectivity index (χ0) is 8.65. The molecule has 0 N–H and O–H groups in total. The van der Waals surface area contributed by atoms with E-state index in [0.29, 0.717) is 0 Å². The zero-order valence-electron chi connectivity index (χ0n) is 7.24. The molecule has 12 heavy (non-hydrogen) atoms.